The fourth-order valence-electron chi connectivity index (χ4n) is 1.15. The van der Waals surface area contributed by atoms with Crippen LogP contribution in [-0.4, -0.2) is 4.98 Å². The van der Waals surface area contributed by atoms with E-state index in [1.54, 1.807) is 0 Å². The van der Waals surface area contributed by atoms with Gasteiger partial charge in [-0.2, -0.15) is 4.57 Å². The van der Waals surface area contributed by atoms with E-state index in [0.717, 1.165) is 11.4 Å². The van der Waals surface area contributed by atoms with Crippen LogP contribution in [0.2, 0.25) is 0 Å². The Hall–Kier alpha value is -0.920. The zero-order valence-corrected chi connectivity index (χ0v) is 11.9. The highest BCUT2D eigenvalue weighted by molar-refractivity contribution is 5.09. The van der Waals surface area contributed by atoms with E-state index in [-0.39, 0.29) is 0 Å². The number of rotatable bonds is 0. The summed E-state index contributed by atoms with van der Waals surface area (Å²) in [5, 5.41) is 0. The highest BCUT2D eigenvalue weighted by Crippen LogP contribution is 2.02. The Balaban J connectivity index is 0. The molecule has 88 valence electrons. The molecule has 0 aromatic carbocycles. The molecule has 0 atom stereocenters. The monoisotopic (exact) mass is 211 g/mol. The van der Waals surface area contributed by atoms with Crippen LogP contribution in [0.5, 0.6) is 0 Å². The van der Waals surface area contributed by atoms with Crippen LogP contribution in [0.3, 0.4) is 0 Å². The molecule has 0 aliphatic carbocycles. The molecular formula is C13H27N2+. The van der Waals surface area contributed by atoms with Gasteiger partial charge in [0.2, 0.25) is 0 Å². The second-order valence-corrected chi connectivity index (χ2v) is 3.01. The molecule has 0 amide bonds. The second kappa shape index (κ2) is 8.39. The highest BCUT2D eigenvalue weighted by atomic mass is 15.0. The summed E-state index contributed by atoms with van der Waals surface area (Å²) in [6.45, 7) is 16.3. The van der Waals surface area contributed by atoms with Crippen molar-refractivity contribution in [2.75, 3.05) is 0 Å². The van der Waals surface area contributed by atoms with Gasteiger partial charge in [0.05, 0.1) is 0 Å². The minimum absolute atomic E-state index is 1.12. The van der Waals surface area contributed by atoms with E-state index >= 15 is 0 Å². The molecule has 0 bridgehead atoms. The average molecular weight is 211 g/mol. The first-order valence-corrected chi connectivity index (χ1v) is 5.84. The Kier molecular flexibility index (Phi) is 9.24. The van der Waals surface area contributed by atoms with Crippen LogP contribution < -0.4 is 4.57 Å². The summed E-state index contributed by atoms with van der Waals surface area (Å²) >= 11 is 0. The molecule has 0 fully saturated rings. The van der Waals surface area contributed by atoms with Gasteiger partial charge in [0.1, 0.15) is 18.4 Å². The van der Waals surface area contributed by atoms with E-state index < -0.39 is 0 Å². The van der Waals surface area contributed by atoms with Crippen LogP contribution in [0.1, 0.15) is 50.5 Å². The van der Waals surface area contributed by atoms with Gasteiger partial charge in [0, 0.05) is 13.8 Å². The van der Waals surface area contributed by atoms with Crippen molar-refractivity contribution >= 4 is 0 Å². The number of nitrogens with zero attached hydrogens (tertiary/aromatic N) is 2. The summed E-state index contributed by atoms with van der Waals surface area (Å²) in [5.74, 6) is 0. The minimum atomic E-state index is 1.12. The van der Waals surface area contributed by atoms with E-state index in [4.69, 9.17) is 0 Å². The quantitative estimate of drug-likeness (QED) is 0.602. The molecule has 0 radical (unpaired) electrons. The highest BCUT2D eigenvalue weighted by Gasteiger charge is 2.11. The standard InChI is InChI=1S/C9H15N2.2C2H6/c1-6-8(3)11(5)9(4)7(2)10-6;2*1-2/h1-5H3;2*1-2H3/q+1;;. The summed E-state index contributed by atoms with van der Waals surface area (Å²) in [6, 6.07) is 0. The van der Waals surface area contributed by atoms with Gasteiger partial charge in [0.25, 0.3) is 0 Å². The minimum Gasteiger partial charge on any atom is -0.245 e. The van der Waals surface area contributed by atoms with Gasteiger partial charge in [0.15, 0.2) is 11.4 Å². The lowest BCUT2D eigenvalue weighted by Crippen LogP contribution is -2.38. The third-order valence-electron chi connectivity index (χ3n) is 2.39. The van der Waals surface area contributed by atoms with E-state index in [1.165, 1.54) is 11.4 Å². The van der Waals surface area contributed by atoms with Gasteiger partial charge < -0.3 is 0 Å². The average Bonchev–Trinajstić information content (AvgIpc) is 2.29. The third-order valence-corrected chi connectivity index (χ3v) is 2.39. The molecule has 0 saturated heterocycles. The molecule has 0 unspecified atom stereocenters. The van der Waals surface area contributed by atoms with Gasteiger partial charge >= 0.3 is 0 Å². The Morgan fingerprint density at radius 1 is 0.733 bits per heavy atom. The summed E-state index contributed by atoms with van der Waals surface area (Å²) in [6.07, 6.45) is 0. The zero-order chi connectivity index (χ0) is 12.6. The summed E-state index contributed by atoms with van der Waals surface area (Å²) < 4.78 is 2.18. The van der Waals surface area contributed by atoms with Crippen LogP contribution in [0.15, 0.2) is 0 Å². The van der Waals surface area contributed by atoms with Crippen molar-refractivity contribution in [3.05, 3.63) is 22.8 Å². The smallest absolute Gasteiger partial charge is 0.199 e. The fourth-order valence-corrected chi connectivity index (χ4v) is 1.15. The van der Waals surface area contributed by atoms with Crippen molar-refractivity contribution in [2.24, 2.45) is 7.05 Å². The normalized spacial score (nSPS) is 8.33. The maximum Gasteiger partial charge on any atom is 0.199 e. The maximum atomic E-state index is 4.41. The topological polar surface area (TPSA) is 16.8 Å². The molecule has 1 rings (SSSR count). The van der Waals surface area contributed by atoms with Crippen molar-refractivity contribution in [1.29, 1.82) is 0 Å². The number of aromatic nitrogens is 2. The van der Waals surface area contributed by atoms with Crippen molar-refractivity contribution in [1.82, 2.24) is 4.98 Å². The molecule has 0 N–H and O–H groups in total. The first-order valence-electron chi connectivity index (χ1n) is 5.84. The lowest BCUT2D eigenvalue weighted by molar-refractivity contribution is -0.685. The van der Waals surface area contributed by atoms with E-state index in [9.17, 15) is 0 Å². The van der Waals surface area contributed by atoms with E-state index in [1.807, 2.05) is 41.5 Å². The molecule has 1 aromatic rings. The molecule has 2 heteroatoms. The zero-order valence-electron chi connectivity index (χ0n) is 11.9. The van der Waals surface area contributed by atoms with Crippen LogP contribution in [0.4, 0.5) is 0 Å². The predicted molar refractivity (Wildman–Crippen MR) is 67.1 cm³/mol. The lowest BCUT2D eigenvalue weighted by Gasteiger charge is -2.02. The van der Waals surface area contributed by atoms with Crippen molar-refractivity contribution in [3.63, 3.8) is 0 Å². The molecular weight excluding hydrogens is 184 g/mol. The Morgan fingerprint density at radius 2 is 1.00 bits per heavy atom. The maximum absolute atomic E-state index is 4.41. The van der Waals surface area contributed by atoms with Crippen LogP contribution in [-0.2, 0) is 7.05 Å². The summed E-state index contributed by atoms with van der Waals surface area (Å²) in [4.78, 5) is 4.41. The molecule has 0 aliphatic heterocycles. The first kappa shape index (κ1) is 16.5. The van der Waals surface area contributed by atoms with Crippen LogP contribution in [0, 0.1) is 27.7 Å². The molecule has 2 nitrogen and oxygen atoms in total. The van der Waals surface area contributed by atoms with Crippen LogP contribution >= 0.6 is 0 Å². The molecule has 1 aromatic heterocycles. The van der Waals surface area contributed by atoms with Crippen molar-refractivity contribution in [3.8, 4) is 0 Å². The Labute approximate surface area is 95.4 Å². The Bertz CT molecular complexity index is 265. The van der Waals surface area contributed by atoms with E-state index in [2.05, 4.69) is 30.4 Å². The van der Waals surface area contributed by atoms with Crippen molar-refractivity contribution < 1.29 is 4.57 Å². The molecule has 0 spiro atoms. The molecule has 0 saturated carbocycles. The number of hydrogen-bond acceptors (Lipinski definition) is 1. The lowest BCUT2D eigenvalue weighted by atomic mass is 10.2. The van der Waals surface area contributed by atoms with Gasteiger partial charge in [-0.05, 0) is 13.8 Å². The third kappa shape index (κ3) is 4.41. The van der Waals surface area contributed by atoms with Gasteiger partial charge in [-0.1, -0.05) is 27.7 Å². The Morgan fingerprint density at radius 3 is 1.27 bits per heavy atom. The first-order chi connectivity index (χ1) is 7.04. The van der Waals surface area contributed by atoms with Gasteiger partial charge in [-0.25, -0.2) is 4.98 Å². The van der Waals surface area contributed by atoms with Gasteiger partial charge in [-0.3, -0.25) is 0 Å². The van der Waals surface area contributed by atoms with Crippen LogP contribution in [0.25, 0.3) is 0 Å². The second-order valence-electron chi connectivity index (χ2n) is 3.01. The fraction of sp³-hybridized carbons (Fsp3) is 0.692. The van der Waals surface area contributed by atoms with Gasteiger partial charge in [-0.15, -0.1) is 0 Å². The molecule has 15 heavy (non-hydrogen) atoms. The summed E-state index contributed by atoms with van der Waals surface area (Å²) in [7, 11) is 2.08. The summed E-state index contributed by atoms with van der Waals surface area (Å²) in [5.41, 5.74) is 4.73. The van der Waals surface area contributed by atoms with E-state index in [0.29, 0.717) is 0 Å². The SMILES string of the molecule is CC.CC.Cc1nc(C)c(C)[n+](C)c1C. The molecule has 1 heterocycles. The van der Waals surface area contributed by atoms with Crippen molar-refractivity contribution in [2.45, 2.75) is 55.4 Å². The number of aryl methyl sites for hydroxylation is 2. The predicted octanol–water partition coefficient (Wildman–Crippen LogP) is 3.19. The molecule has 0 aliphatic rings. The largest absolute Gasteiger partial charge is 0.245 e. The number of hydrogen-bond donors (Lipinski definition) is 0.